The summed E-state index contributed by atoms with van der Waals surface area (Å²) in [6.45, 7) is 0. The van der Waals surface area contributed by atoms with Crippen molar-refractivity contribution in [2.75, 3.05) is 24.7 Å². The number of anilines is 4. The van der Waals surface area contributed by atoms with Crippen molar-refractivity contribution < 1.29 is 9.59 Å². The van der Waals surface area contributed by atoms with Gasteiger partial charge in [0.1, 0.15) is 11.6 Å². The molecule has 2 aromatic heterocycles. The first-order chi connectivity index (χ1) is 17.5. The third-order valence-corrected chi connectivity index (χ3v) is 5.88. The smallest absolute Gasteiger partial charge is 0.198 e. The van der Waals surface area contributed by atoms with Crippen molar-refractivity contribution in [1.29, 1.82) is 0 Å². The van der Waals surface area contributed by atoms with Crippen LogP contribution in [0.25, 0.3) is 5.57 Å². The Bertz CT molecular complexity index is 1490. The van der Waals surface area contributed by atoms with Crippen LogP contribution in [-0.2, 0) is 6.42 Å². The van der Waals surface area contributed by atoms with Crippen LogP contribution in [0.4, 0.5) is 23.0 Å². The molecule has 0 radical (unpaired) electrons. The maximum atomic E-state index is 12.8. The summed E-state index contributed by atoms with van der Waals surface area (Å²) in [6, 6.07) is 22.8. The van der Waals surface area contributed by atoms with Crippen LogP contribution in [0.15, 0.2) is 91.4 Å². The summed E-state index contributed by atoms with van der Waals surface area (Å²) in [5.41, 5.74) is 5.70. The fraction of sp³-hybridized carbons (Fsp3) is 0.103. The van der Waals surface area contributed by atoms with E-state index < -0.39 is 0 Å². The van der Waals surface area contributed by atoms with Crippen LogP contribution in [0.1, 0.15) is 31.8 Å². The Hall–Kier alpha value is -4.78. The van der Waals surface area contributed by atoms with E-state index in [0.29, 0.717) is 34.8 Å². The number of hydrogen-bond donors (Lipinski definition) is 2. The minimum atomic E-state index is -0.0146. The van der Waals surface area contributed by atoms with Gasteiger partial charge in [0.25, 0.3) is 0 Å². The quantitative estimate of drug-likeness (QED) is 0.352. The normalized spacial score (nSPS) is 14.3. The molecule has 0 amide bonds. The lowest BCUT2D eigenvalue weighted by atomic mass is 9.98. The fourth-order valence-electron chi connectivity index (χ4n) is 4.22. The molecule has 7 nitrogen and oxygen atoms in total. The predicted molar refractivity (Wildman–Crippen MR) is 142 cm³/mol. The number of para-hydroxylation sites is 2. The van der Waals surface area contributed by atoms with E-state index in [4.69, 9.17) is 0 Å². The van der Waals surface area contributed by atoms with Crippen LogP contribution < -0.4 is 10.6 Å². The average molecular weight is 476 g/mol. The lowest BCUT2D eigenvalue weighted by molar-refractivity contribution is 0.0993. The molecule has 2 aromatic carbocycles. The summed E-state index contributed by atoms with van der Waals surface area (Å²) < 4.78 is 0. The van der Waals surface area contributed by atoms with Crippen molar-refractivity contribution in [3.05, 3.63) is 114 Å². The molecule has 7 heteroatoms. The van der Waals surface area contributed by atoms with Gasteiger partial charge in [0.15, 0.2) is 11.6 Å². The van der Waals surface area contributed by atoms with Gasteiger partial charge in [-0.15, -0.1) is 0 Å². The van der Waals surface area contributed by atoms with Gasteiger partial charge in [-0.2, -0.15) is 0 Å². The van der Waals surface area contributed by atoms with Crippen molar-refractivity contribution >= 4 is 40.2 Å². The zero-order valence-corrected chi connectivity index (χ0v) is 20.0. The van der Waals surface area contributed by atoms with E-state index >= 15 is 0 Å². The highest BCUT2D eigenvalue weighted by atomic mass is 16.1. The first kappa shape index (κ1) is 23.0. The van der Waals surface area contributed by atoms with E-state index in [2.05, 4.69) is 20.6 Å². The minimum Gasteiger partial charge on any atom is -0.383 e. The largest absolute Gasteiger partial charge is 0.383 e. The molecule has 0 atom stereocenters. The monoisotopic (exact) mass is 475 g/mol. The summed E-state index contributed by atoms with van der Waals surface area (Å²) in [7, 11) is 3.82. The highest BCUT2D eigenvalue weighted by Gasteiger charge is 2.25. The van der Waals surface area contributed by atoms with Crippen LogP contribution in [0.5, 0.6) is 0 Å². The third-order valence-electron chi connectivity index (χ3n) is 5.88. The number of carbonyl (C=O) groups is 2. The maximum absolute atomic E-state index is 12.8. The first-order valence-electron chi connectivity index (χ1n) is 11.6. The number of benzene rings is 2. The summed E-state index contributed by atoms with van der Waals surface area (Å²) in [4.78, 5) is 35.1. The number of hydrogen-bond acceptors (Lipinski definition) is 7. The Kier molecular flexibility index (Phi) is 6.28. The number of nitrogens with zero attached hydrogens (tertiary/aromatic N) is 3. The minimum absolute atomic E-state index is 0.0146. The van der Waals surface area contributed by atoms with E-state index in [1.165, 1.54) is 0 Å². The van der Waals surface area contributed by atoms with Crippen molar-refractivity contribution in [3.8, 4) is 0 Å². The lowest BCUT2D eigenvalue weighted by Crippen LogP contribution is -2.08. The second-order valence-corrected chi connectivity index (χ2v) is 8.69. The Balaban J connectivity index is 0.000000152. The van der Waals surface area contributed by atoms with E-state index in [1.807, 2.05) is 79.8 Å². The number of allylic oxidation sites excluding steroid dienone is 1. The number of rotatable bonds is 1. The van der Waals surface area contributed by atoms with Crippen LogP contribution in [0.3, 0.4) is 0 Å². The molecule has 2 N–H and O–H groups in total. The standard InChI is InChI=1S/C16H15N3O.C13H10N2O/c1-19(2)10-13-11-6-3-4-8-14(11)18-16-12(15(13)20)7-5-9-17-16;16-12-8-9-4-1-2-6-11(9)15-13-10(12)5-3-7-14-13/h3-10H,1-2H3,(H,17,18);1-7H,8H2,(H,14,15)/b13-10+;. The van der Waals surface area contributed by atoms with Crippen LogP contribution >= 0.6 is 0 Å². The number of nitrogens with one attached hydrogen (secondary N) is 2. The second-order valence-electron chi connectivity index (χ2n) is 8.69. The molecule has 0 bridgehead atoms. The molecule has 2 aliphatic heterocycles. The van der Waals surface area contributed by atoms with E-state index in [1.54, 1.807) is 30.6 Å². The van der Waals surface area contributed by atoms with E-state index in [0.717, 1.165) is 22.5 Å². The number of fused-ring (bicyclic) bond motifs is 4. The van der Waals surface area contributed by atoms with Crippen molar-refractivity contribution in [2.45, 2.75) is 6.42 Å². The number of ketones is 2. The molecule has 0 fully saturated rings. The molecule has 2 aliphatic rings. The van der Waals surface area contributed by atoms with Gasteiger partial charge in [-0.25, -0.2) is 9.97 Å². The number of Topliss-reactive ketones (excluding diaryl/α,β-unsaturated/α-hetero) is 2. The van der Waals surface area contributed by atoms with Crippen LogP contribution in [-0.4, -0.2) is 40.5 Å². The molecule has 0 aliphatic carbocycles. The SMILES string of the molecule is CN(C)/C=C1/C(=O)c2cccnc2Nc2ccccc21.O=C1Cc2ccccc2Nc2ncccc21. The van der Waals surface area contributed by atoms with Crippen LogP contribution in [0.2, 0.25) is 0 Å². The van der Waals surface area contributed by atoms with Gasteiger partial charge in [0, 0.05) is 61.6 Å². The van der Waals surface area contributed by atoms with E-state index in [-0.39, 0.29) is 11.6 Å². The number of carbonyl (C=O) groups excluding carboxylic acids is 2. The van der Waals surface area contributed by atoms with Gasteiger partial charge < -0.3 is 15.5 Å². The van der Waals surface area contributed by atoms with Crippen LogP contribution in [0, 0.1) is 0 Å². The molecule has 4 aromatic rings. The highest BCUT2D eigenvalue weighted by Crippen LogP contribution is 2.34. The van der Waals surface area contributed by atoms with Gasteiger partial charge in [-0.1, -0.05) is 36.4 Å². The Morgan fingerprint density at radius 3 is 2.06 bits per heavy atom. The number of pyridine rings is 2. The summed E-state index contributed by atoms with van der Waals surface area (Å²) in [5, 5.41) is 6.45. The predicted octanol–water partition coefficient (Wildman–Crippen LogP) is 5.49. The molecule has 0 saturated heterocycles. The molecular formula is C29H25N5O2. The zero-order chi connectivity index (χ0) is 25.1. The molecule has 178 valence electrons. The highest BCUT2D eigenvalue weighted by molar-refractivity contribution is 6.32. The van der Waals surface area contributed by atoms with Crippen molar-refractivity contribution in [1.82, 2.24) is 14.9 Å². The third kappa shape index (κ3) is 4.59. The van der Waals surface area contributed by atoms with Crippen molar-refractivity contribution in [2.24, 2.45) is 0 Å². The van der Waals surface area contributed by atoms with Crippen molar-refractivity contribution in [3.63, 3.8) is 0 Å². The lowest BCUT2D eigenvalue weighted by Gasteiger charge is -2.11. The van der Waals surface area contributed by atoms with Gasteiger partial charge >= 0.3 is 0 Å². The maximum Gasteiger partial charge on any atom is 0.198 e. The van der Waals surface area contributed by atoms with E-state index in [9.17, 15) is 9.59 Å². The van der Waals surface area contributed by atoms with Gasteiger partial charge in [-0.3, -0.25) is 9.59 Å². The summed E-state index contributed by atoms with van der Waals surface area (Å²) in [5.74, 6) is 1.35. The summed E-state index contributed by atoms with van der Waals surface area (Å²) >= 11 is 0. The Morgan fingerprint density at radius 1 is 0.722 bits per heavy atom. The topological polar surface area (TPSA) is 87.2 Å². The molecule has 6 rings (SSSR count). The molecule has 0 saturated carbocycles. The zero-order valence-electron chi connectivity index (χ0n) is 20.0. The Morgan fingerprint density at radius 2 is 1.31 bits per heavy atom. The molecule has 0 unspecified atom stereocenters. The molecule has 0 spiro atoms. The van der Waals surface area contributed by atoms with Gasteiger partial charge in [-0.05, 0) is 42.0 Å². The fourth-order valence-corrected chi connectivity index (χ4v) is 4.22. The summed E-state index contributed by atoms with van der Waals surface area (Å²) in [6.07, 6.45) is 5.65. The molecule has 4 heterocycles. The number of aromatic nitrogens is 2. The Labute approximate surface area is 209 Å². The second kappa shape index (κ2) is 9.84. The van der Waals surface area contributed by atoms with Gasteiger partial charge in [0.2, 0.25) is 0 Å². The molecular weight excluding hydrogens is 450 g/mol. The van der Waals surface area contributed by atoms with Gasteiger partial charge in [0.05, 0.1) is 11.1 Å². The first-order valence-corrected chi connectivity index (χ1v) is 11.6. The average Bonchev–Trinajstić information content (AvgIpc) is 3.10. The molecule has 36 heavy (non-hydrogen) atoms.